The molecular formula is C73H138O4. The monoisotopic (exact) mass is 1080 g/mol. The predicted octanol–water partition coefficient (Wildman–Crippen LogP) is 25.9. The van der Waals surface area contributed by atoms with Gasteiger partial charge in [0, 0.05) is 6.42 Å². The van der Waals surface area contributed by atoms with Crippen LogP contribution >= 0.6 is 0 Å². The maximum Gasteiger partial charge on any atom is 0.335 e. The van der Waals surface area contributed by atoms with Crippen molar-refractivity contribution in [2.24, 2.45) is 0 Å². The number of carboxylic acid groups (broad SMARTS) is 1. The van der Waals surface area contributed by atoms with E-state index in [0.29, 0.717) is 18.6 Å². The second-order valence-electron chi connectivity index (χ2n) is 24.5. The molecule has 0 heterocycles. The highest BCUT2D eigenvalue weighted by molar-refractivity contribution is 5.89. The van der Waals surface area contributed by atoms with Gasteiger partial charge in [-0.1, -0.05) is 399 Å². The van der Waals surface area contributed by atoms with E-state index in [9.17, 15) is 14.7 Å². The Labute approximate surface area is 483 Å². The molecule has 454 valence electrons. The summed E-state index contributed by atoms with van der Waals surface area (Å²) in [5, 5.41) is 9.23. The van der Waals surface area contributed by atoms with Gasteiger partial charge >= 0.3 is 11.9 Å². The van der Waals surface area contributed by atoms with Crippen molar-refractivity contribution in [1.29, 1.82) is 0 Å². The number of carbonyl (C=O) groups excluding carboxylic acids is 1. The van der Waals surface area contributed by atoms with E-state index in [0.717, 1.165) is 31.2 Å². The third-order valence-corrected chi connectivity index (χ3v) is 16.8. The predicted molar refractivity (Wildman–Crippen MR) is 342 cm³/mol. The third-order valence-electron chi connectivity index (χ3n) is 16.8. The highest BCUT2D eigenvalue weighted by Gasteiger charge is 2.08. The van der Waals surface area contributed by atoms with Gasteiger partial charge in [-0.2, -0.15) is 0 Å². The molecule has 4 nitrogen and oxygen atoms in total. The van der Waals surface area contributed by atoms with E-state index in [4.69, 9.17) is 4.74 Å². The molecule has 0 aliphatic heterocycles. The lowest BCUT2D eigenvalue weighted by Gasteiger charge is -2.06. The number of aromatic carboxylic acids is 1. The molecule has 1 N–H and O–H groups in total. The first-order valence-corrected chi connectivity index (χ1v) is 35.5. The van der Waals surface area contributed by atoms with E-state index in [1.54, 1.807) is 6.07 Å². The van der Waals surface area contributed by atoms with E-state index in [1.165, 1.54) is 360 Å². The summed E-state index contributed by atoms with van der Waals surface area (Å²) in [6.07, 6.45) is 83.6. The highest BCUT2D eigenvalue weighted by atomic mass is 16.5. The van der Waals surface area contributed by atoms with Crippen LogP contribution in [0.5, 0.6) is 0 Å². The summed E-state index contributed by atoms with van der Waals surface area (Å²) in [4.78, 5) is 23.2. The molecule has 1 aromatic rings. The zero-order chi connectivity index (χ0) is 55.7. The van der Waals surface area contributed by atoms with Crippen LogP contribution in [0.4, 0.5) is 0 Å². The van der Waals surface area contributed by atoms with Crippen LogP contribution < -0.4 is 0 Å². The Bertz CT molecular complexity index is 1270. The highest BCUT2D eigenvalue weighted by Crippen LogP contribution is 2.20. The molecule has 0 aromatic heterocycles. The fourth-order valence-corrected chi connectivity index (χ4v) is 11.5. The molecule has 0 unspecified atom stereocenters. The number of ether oxygens (including phenoxy) is 1. The van der Waals surface area contributed by atoms with Crippen LogP contribution in [0, 0.1) is 0 Å². The smallest absolute Gasteiger partial charge is 0.335 e. The fourth-order valence-electron chi connectivity index (χ4n) is 11.5. The first-order valence-electron chi connectivity index (χ1n) is 35.5. The van der Waals surface area contributed by atoms with Gasteiger partial charge in [-0.05, 0) is 37.3 Å². The summed E-state index contributed by atoms with van der Waals surface area (Å²) in [7, 11) is 0. The van der Waals surface area contributed by atoms with Crippen LogP contribution in [0.1, 0.15) is 422 Å². The number of unbranched alkanes of at least 4 members (excludes halogenated alkanes) is 56. The first-order chi connectivity index (χ1) is 38.1. The zero-order valence-corrected chi connectivity index (χ0v) is 52.8. The lowest BCUT2D eigenvalue weighted by Crippen LogP contribution is -2.05. The van der Waals surface area contributed by atoms with Crippen molar-refractivity contribution in [3.63, 3.8) is 0 Å². The molecule has 4 heteroatoms. The molecule has 1 aromatic carbocycles. The quantitative estimate of drug-likeness (QED) is 0.0522. The Morgan fingerprint density at radius 1 is 0.299 bits per heavy atom. The molecule has 0 bridgehead atoms. The van der Waals surface area contributed by atoms with Crippen molar-refractivity contribution < 1.29 is 19.4 Å². The Balaban J connectivity index is 0.00000162. The lowest BCUT2D eigenvalue weighted by molar-refractivity contribution is -0.143. The number of carbonyl (C=O) groups is 2. The van der Waals surface area contributed by atoms with E-state index < -0.39 is 5.97 Å². The van der Waals surface area contributed by atoms with Crippen LogP contribution in [0.3, 0.4) is 0 Å². The molecule has 0 saturated carbocycles. The standard InChI is InChI=1S/C44H88O2.C29H50O2/c1-3-5-7-9-11-13-15-17-19-21-23-25-27-29-31-33-35-37-39-41-43-46-44(45)42-40-38-36-34-32-30-28-26-24-22-20-18-16-14-12-10-8-6-4-2;1-2-3-4-5-6-7-8-9-10-11-12-13-14-15-16-17-18-19-20-21-24-27-25-22-23-26-28(27)29(30)31/h3-43H2,1-2H3;22-23,25-26H,2-21,24H2,1H3,(H,30,31). The van der Waals surface area contributed by atoms with Gasteiger partial charge < -0.3 is 9.84 Å². The van der Waals surface area contributed by atoms with E-state index in [1.807, 2.05) is 18.2 Å². The van der Waals surface area contributed by atoms with Gasteiger partial charge in [0.25, 0.3) is 0 Å². The van der Waals surface area contributed by atoms with Gasteiger partial charge in [0.15, 0.2) is 0 Å². The third kappa shape index (κ3) is 61.6. The molecule has 0 amide bonds. The minimum Gasteiger partial charge on any atom is -0.478 e. The topological polar surface area (TPSA) is 63.6 Å². The molecule has 1 rings (SSSR count). The van der Waals surface area contributed by atoms with E-state index in [-0.39, 0.29) is 5.97 Å². The van der Waals surface area contributed by atoms with Crippen molar-refractivity contribution in [3.05, 3.63) is 35.4 Å². The van der Waals surface area contributed by atoms with Crippen LogP contribution in [0.15, 0.2) is 24.3 Å². The minimum absolute atomic E-state index is 0.0322. The summed E-state index contributed by atoms with van der Waals surface area (Å²) < 4.78 is 5.48. The molecule has 0 radical (unpaired) electrons. The molecule has 77 heavy (non-hydrogen) atoms. The van der Waals surface area contributed by atoms with Gasteiger partial charge in [0.1, 0.15) is 0 Å². The fraction of sp³-hybridized carbons (Fsp3) is 0.890. The van der Waals surface area contributed by atoms with E-state index in [2.05, 4.69) is 20.8 Å². The molecule has 0 aliphatic carbocycles. The van der Waals surface area contributed by atoms with Gasteiger partial charge in [-0.25, -0.2) is 4.79 Å². The second-order valence-corrected chi connectivity index (χ2v) is 24.5. The Kier molecular flexibility index (Phi) is 65.1. The number of benzene rings is 1. The van der Waals surface area contributed by atoms with Gasteiger partial charge in [0.2, 0.25) is 0 Å². The Morgan fingerprint density at radius 3 is 0.779 bits per heavy atom. The van der Waals surface area contributed by atoms with Crippen LogP contribution in [-0.4, -0.2) is 23.7 Å². The van der Waals surface area contributed by atoms with Crippen molar-refractivity contribution in [1.82, 2.24) is 0 Å². The van der Waals surface area contributed by atoms with Gasteiger partial charge in [-0.15, -0.1) is 0 Å². The Hall–Kier alpha value is -1.84. The van der Waals surface area contributed by atoms with Crippen molar-refractivity contribution >= 4 is 11.9 Å². The number of rotatable bonds is 63. The van der Waals surface area contributed by atoms with E-state index >= 15 is 0 Å². The van der Waals surface area contributed by atoms with Crippen LogP contribution in [-0.2, 0) is 16.0 Å². The maximum absolute atomic E-state index is 12.0. The Morgan fingerprint density at radius 2 is 0.519 bits per heavy atom. The zero-order valence-electron chi connectivity index (χ0n) is 52.8. The SMILES string of the molecule is CCCCCCCCCCCCCCCCCCCCCCOC(=O)CCCCCCCCCCCCCCCCCCCCC.CCCCCCCCCCCCCCCCCCCCCCc1ccccc1C(=O)O. The number of esters is 1. The lowest BCUT2D eigenvalue weighted by atomic mass is 10.00. The molecule has 0 atom stereocenters. The first kappa shape index (κ1) is 75.2. The van der Waals surface area contributed by atoms with Crippen molar-refractivity contribution in [3.8, 4) is 0 Å². The van der Waals surface area contributed by atoms with Gasteiger partial charge in [0.05, 0.1) is 12.2 Å². The number of aryl methyl sites for hydroxylation is 1. The van der Waals surface area contributed by atoms with Gasteiger partial charge in [-0.3, -0.25) is 4.79 Å². The summed E-state index contributed by atoms with van der Waals surface area (Å²) in [5.41, 5.74) is 1.46. The van der Waals surface area contributed by atoms with Crippen molar-refractivity contribution in [2.75, 3.05) is 6.61 Å². The van der Waals surface area contributed by atoms with Crippen LogP contribution in [0.2, 0.25) is 0 Å². The average Bonchev–Trinajstić information content (AvgIpc) is 3.43. The number of hydrogen-bond donors (Lipinski definition) is 1. The van der Waals surface area contributed by atoms with Crippen LogP contribution in [0.25, 0.3) is 0 Å². The van der Waals surface area contributed by atoms with Crippen molar-refractivity contribution in [2.45, 2.75) is 412 Å². The minimum atomic E-state index is -0.802. The molecule has 0 fully saturated rings. The summed E-state index contributed by atoms with van der Waals surface area (Å²) in [5.74, 6) is -0.770. The largest absolute Gasteiger partial charge is 0.478 e. The number of hydrogen-bond acceptors (Lipinski definition) is 3. The normalized spacial score (nSPS) is 11.3. The second kappa shape index (κ2) is 66.7. The summed E-state index contributed by atoms with van der Waals surface area (Å²) in [6.45, 7) is 7.52. The average molecular weight is 1080 g/mol. The number of carboxylic acids is 1. The molecule has 0 aliphatic rings. The molecule has 0 spiro atoms. The summed E-state index contributed by atoms with van der Waals surface area (Å²) >= 11 is 0. The summed E-state index contributed by atoms with van der Waals surface area (Å²) in [6, 6.07) is 7.43. The molecular weight excluding hydrogens is 941 g/mol. The maximum atomic E-state index is 12.0. The molecule has 0 saturated heterocycles.